The second kappa shape index (κ2) is 8.51. The molecule has 0 saturated carbocycles. The van der Waals surface area contributed by atoms with Gasteiger partial charge in [0.25, 0.3) is 0 Å². The van der Waals surface area contributed by atoms with E-state index in [2.05, 4.69) is 6.07 Å². The lowest BCUT2D eigenvalue weighted by Crippen LogP contribution is -2.33. The molecule has 124 valence electrons. The summed E-state index contributed by atoms with van der Waals surface area (Å²) in [5.74, 6) is -0.120. The molecule has 2 aromatic rings. The third-order valence-electron chi connectivity index (χ3n) is 3.44. The van der Waals surface area contributed by atoms with Crippen molar-refractivity contribution in [2.45, 2.75) is 25.2 Å². The van der Waals surface area contributed by atoms with Gasteiger partial charge in [0.15, 0.2) is 0 Å². The fourth-order valence-corrected chi connectivity index (χ4v) is 3.19. The van der Waals surface area contributed by atoms with Crippen molar-refractivity contribution in [2.75, 3.05) is 17.2 Å². The van der Waals surface area contributed by atoms with Crippen LogP contribution in [0.1, 0.15) is 17.5 Å². The van der Waals surface area contributed by atoms with E-state index >= 15 is 0 Å². The van der Waals surface area contributed by atoms with Crippen LogP contribution in [0.5, 0.6) is 0 Å². The van der Waals surface area contributed by atoms with Gasteiger partial charge in [0.05, 0.1) is 18.2 Å². The zero-order valence-corrected chi connectivity index (χ0v) is 14.6. The Morgan fingerprint density at radius 2 is 1.79 bits per heavy atom. The van der Waals surface area contributed by atoms with Crippen LogP contribution in [0.4, 0.5) is 10.1 Å². The van der Waals surface area contributed by atoms with E-state index in [1.165, 1.54) is 23.9 Å². The first-order chi connectivity index (χ1) is 11.5. The molecule has 0 aliphatic heterocycles. The lowest BCUT2D eigenvalue weighted by atomic mass is 10.1. The molecule has 0 aliphatic carbocycles. The van der Waals surface area contributed by atoms with Gasteiger partial charge in [0, 0.05) is 17.1 Å². The van der Waals surface area contributed by atoms with Crippen molar-refractivity contribution in [1.82, 2.24) is 0 Å². The molecule has 0 aromatic heterocycles. The van der Waals surface area contributed by atoms with Crippen LogP contribution in [-0.4, -0.2) is 18.2 Å². The first-order valence-electron chi connectivity index (χ1n) is 7.63. The maximum Gasteiger partial charge on any atom is 0.237 e. The number of amides is 1. The van der Waals surface area contributed by atoms with Gasteiger partial charge >= 0.3 is 0 Å². The van der Waals surface area contributed by atoms with Gasteiger partial charge in [-0.05, 0) is 61.4 Å². The van der Waals surface area contributed by atoms with Gasteiger partial charge in [-0.2, -0.15) is 5.26 Å². The molecule has 0 spiro atoms. The van der Waals surface area contributed by atoms with Crippen molar-refractivity contribution in [3.05, 3.63) is 59.4 Å². The average molecular weight is 342 g/mol. The van der Waals surface area contributed by atoms with Crippen molar-refractivity contribution in [3.8, 4) is 6.07 Å². The first kappa shape index (κ1) is 18.0. The number of thioether (sulfide) groups is 1. The van der Waals surface area contributed by atoms with Gasteiger partial charge in [-0.25, -0.2) is 4.39 Å². The van der Waals surface area contributed by atoms with Crippen LogP contribution in [0.25, 0.3) is 0 Å². The fourth-order valence-electron chi connectivity index (χ4n) is 2.42. The molecule has 0 saturated heterocycles. The van der Waals surface area contributed by atoms with Crippen molar-refractivity contribution in [2.24, 2.45) is 0 Å². The molecule has 24 heavy (non-hydrogen) atoms. The summed E-state index contributed by atoms with van der Waals surface area (Å²) in [4.78, 5) is 15.1. The van der Waals surface area contributed by atoms with E-state index in [1.807, 2.05) is 32.0 Å². The van der Waals surface area contributed by atoms with Gasteiger partial charge in [-0.1, -0.05) is 6.07 Å². The van der Waals surface area contributed by atoms with Crippen molar-refractivity contribution in [1.29, 1.82) is 5.26 Å². The summed E-state index contributed by atoms with van der Waals surface area (Å²) in [6.45, 7) is 4.33. The Balaban J connectivity index is 2.12. The Morgan fingerprint density at radius 3 is 2.38 bits per heavy atom. The van der Waals surface area contributed by atoms with E-state index < -0.39 is 0 Å². The third kappa shape index (κ3) is 5.10. The summed E-state index contributed by atoms with van der Waals surface area (Å²) in [5, 5.41) is 8.86. The molecule has 5 heteroatoms. The SMILES string of the molecule is Cc1cc(C)cc(N(CCC#N)C(=O)CSc2ccc(F)cc2)c1. The van der Waals surface area contributed by atoms with Gasteiger partial charge in [-0.15, -0.1) is 11.8 Å². The minimum Gasteiger partial charge on any atom is -0.311 e. The van der Waals surface area contributed by atoms with Crippen LogP contribution in [0.2, 0.25) is 0 Å². The molecule has 2 aromatic carbocycles. The second-order valence-corrected chi connectivity index (χ2v) is 6.59. The third-order valence-corrected chi connectivity index (χ3v) is 4.44. The highest BCUT2D eigenvalue weighted by Gasteiger charge is 2.16. The molecule has 0 heterocycles. The topological polar surface area (TPSA) is 44.1 Å². The van der Waals surface area contributed by atoms with Crippen molar-refractivity contribution < 1.29 is 9.18 Å². The molecule has 0 unspecified atom stereocenters. The van der Waals surface area contributed by atoms with E-state index in [1.54, 1.807) is 17.0 Å². The molecule has 3 nitrogen and oxygen atoms in total. The smallest absolute Gasteiger partial charge is 0.237 e. The summed E-state index contributed by atoms with van der Waals surface area (Å²) in [6, 6.07) is 14.1. The number of nitrogens with zero attached hydrogens (tertiary/aromatic N) is 2. The predicted molar refractivity (Wildman–Crippen MR) is 95.6 cm³/mol. The number of nitriles is 1. The molecule has 0 aliphatic rings. The molecule has 1 amide bonds. The quantitative estimate of drug-likeness (QED) is 0.727. The largest absolute Gasteiger partial charge is 0.311 e. The lowest BCUT2D eigenvalue weighted by Gasteiger charge is -2.22. The Labute approximate surface area is 146 Å². The number of hydrogen-bond donors (Lipinski definition) is 0. The lowest BCUT2D eigenvalue weighted by molar-refractivity contribution is -0.116. The number of hydrogen-bond acceptors (Lipinski definition) is 3. The first-order valence-corrected chi connectivity index (χ1v) is 8.62. The maximum absolute atomic E-state index is 12.9. The molecule has 0 fully saturated rings. The zero-order valence-electron chi connectivity index (χ0n) is 13.8. The highest BCUT2D eigenvalue weighted by atomic mass is 32.2. The summed E-state index contributed by atoms with van der Waals surface area (Å²) in [6.07, 6.45) is 0.278. The molecule has 2 rings (SSSR count). The molecule has 0 radical (unpaired) electrons. The predicted octanol–water partition coefficient (Wildman–Crippen LogP) is 4.48. The molecule has 0 bridgehead atoms. The van der Waals surface area contributed by atoms with Crippen molar-refractivity contribution in [3.63, 3.8) is 0 Å². The van der Waals surface area contributed by atoms with E-state index in [-0.39, 0.29) is 23.9 Å². The number of aryl methyl sites for hydroxylation is 2. The van der Waals surface area contributed by atoms with E-state index in [0.29, 0.717) is 6.54 Å². The van der Waals surface area contributed by atoms with Crippen LogP contribution in [-0.2, 0) is 4.79 Å². The van der Waals surface area contributed by atoms with Crippen LogP contribution in [0.3, 0.4) is 0 Å². The summed E-state index contributed by atoms with van der Waals surface area (Å²) < 4.78 is 12.9. The number of halogens is 1. The van der Waals surface area contributed by atoms with Crippen LogP contribution >= 0.6 is 11.8 Å². The highest BCUT2D eigenvalue weighted by Crippen LogP contribution is 2.23. The molecule has 0 N–H and O–H groups in total. The van der Waals surface area contributed by atoms with E-state index in [9.17, 15) is 9.18 Å². The Hall–Kier alpha value is -2.32. The normalized spacial score (nSPS) is 10.2. The van der Waals surface area contributed by atoms with E-state index in [0.717, 1.165) is 21.7 Å². The molecular formula is C19H19FN2OS. The summed E-state index contributed by atoms with van der Waals surface area (Å²) in [7, 11) is 0. The van der Waals surface area contributed by atoms with Crippen LogP contribution < -0.4 is 4.90 Å². The maximum atomic E-state index is 12.9. The highest BCUT2D eigenvalue weighted by molar-refractivity contribution is 8.00. The van der Waals surface area contributed by atoms with Gasteiger partial charge in [0.2, 0.25) is 5.91 Å². The number of anilines is 1. The fraction of sp³-hybridized carbons (Fsp3) is 0.263. The molecular weight excluding hydrogens is 323 g/mol. The van der Waals surface area contributed by atoms with E-state index in [4.69, 9.17) is 5.26 Å². The van der Waals surface area contributed by atoms with Gasteiger partial charge < -0.3 is 4.90 Å². The Bertz CT molecular complexity index is 733. The average Bonchev–Trinajstić information content (AvgIpc) is 2.54. The number of carbonyl (C=O) groups excluding carboxylic acids is 1. The van der Waals surface area contributed by atoms with Gasteiger partial charge in [0.1, 0.15) is 5.82 Å². The summed E-state index contributed by atoms with van der Waals surface area (Å²) >= 11 is 1.36. The standard InChI is InChI=1S/C19H19FN2OS/c1-14-10-15(2)12-17(11-14)22(9-3-8-21)19(23)13-24-18-6-4-16(20)5-7-18/h4-7,10-12H,3,9,13H2,1-2H3. The van der Waals surface area contributed by atoms with Crippen molar-refractivity contribution >= 4 is 23.4 Å². The number of rotatable bonds is 6. The molecule has 0 atom stereocenters. The minimum absolute atomic E-state index is 0.0652. The Morgan fingerprint density at radius 1 is 1.17 bits per heavy atom. The number of benzene rings is 2. The second-order valence-electron chi connectivity index (χ2n) is 5.54. The van der Waals surface area contributed by atoms with Crippen LogP contribution in [0, 0.1) is 31.0 Å². The zero-order chi connectivity index (χ0) is 17.5. The van der Waals surface area contributed by atoms with Gasteiger partial charge in [-0.3, -0.25) is 4.79 Å². The summed E-state index contributed by atoms with van der Waals surface area (Å²) in [5.41, 5.74) is 2.96. The van der Waals surface area contributed by atoms with Crippen LogP contribution in [0.15, 0.2) is 47.4 Å². The minimum atomic E-state index is -0.295. The Kier molecular flexibility index (Phi) is 6.39. The monoisotopic (exact) mass is 342 g/mol. The number of carbonyl (C=O) groups is 1.